The highest BCUT2D eigenvalue weighted by Crippen LogP contribution is 2.20. The van der Waals surface area contributed by atoms with E-state index in [-0.39, 0.29) is 5.91 Å². The van der Waals surface area contributed by atoms with Gasteiger partial charge in [-0.1, -0.05) is 0 Å². The molecule has 0 saturated carbocycles. The molecule has 1 aliphatic heterocycles. The first-order chi connectivity index (χ1) is 10.3. The molecule has 0 aliphatic carbocycles. The Morgan fingerprint density at radius 3 is 2.48 bits per heavy atom. The van der Waals surface area contributed by atoms with Crippen LogP contribution in [-0.2, 0) is 0 Å². The standard InChI is InChI=1S/C17H19N3O/c21-17(19-15-5-4-10-18-13-15)14-6-8-16(9-7-14)20-11-2-1-3-12-20/h4-10,13H,1-3,11-12H2,(H,19,21). The Morgan fingerprint density at radius 2 is 1.81 bits per heavy atom. The molecule has 108 valence electrons. The summed E-state index contributed by atoms with van der Waals surface area (Å²) in [6.07, 6.45) is 7.15. The van der Waals surface area contributed by atoms with Crippen LogP contribution in [0.25, 0.3) is 0 Å². The molecule has 0 spiro atoms. The molecule has 1 fully saturated rings. The number of hydrogen-bond donors (Lipinski definition) is 1. The van der Waals surface area contributed by atoms with Gasteiger partial charge in [-0.25, -0.2) is 0 Å². The minimum atomic E-state index is -0.104. The van der Waals surface area contributed by atoms with Crippen molar-refractivity contribution in [3.8, 4) is 0 Å². The van der Waals surface area contributed by atoms with Crippen molar-refractivity contribution in [2.24, 2.45) is 0 Å². The van der Waals surface area contributed by atoms with Crippen molar-refractivity contribution in [3.63, 3.8) is 0 Å². The van der Waals surface area contributed by atoms with E-state index >= 15 is 0 Å². The molecule has 4 heteroatoms. The summed E-state index contributed by atoms with van der Waals surface area (Å²) in [5, 5.41) is 2.84. The minimum absolute atomic E-state index is 0.104. The van der Waals surface area contributed by atoms with Crippen molar-refractivity contribution in [3.05, 3.63) is 54.4 Å². The van der Waals surface area contributed by atoms with Gasteiger partial charge in [0.2, 0.25) is 0 Å². The van der Waals surface area contributed by atoms with E-state index in [1.807, 2.05) is 30.3 Å². The maximum absolute atomic E-state index is 12.1. The average molecular weight is 281 g/mol. The molecule has 1 aromatic heterocycles. The van der Waals surface area contributed by atoms with Gasteiger partial charge in [0, 0.05) is 30.5 Å². The van der Waals surface area contributed by atoms with Gasteiger partial charge in [-0.05, 0) is 55.7 Å². The lowest BCUT2D eigenvalue weighted by atomic mass is 10.1. The summed E-state index contributed by atoms with van der Waals surface area (Å²) in [5.41, 5.74) is 2.58. The number of nitrogens with one attached hydrogen (secondary N) is 1. The number of carbonyl (C=O) groups excluding carboxylic acids is 1. The van der Waals surface area contributed by atoms with Gasteiger partial charge < -0.3 is 10.2 Å². The third-order valence-electron chi connectivity index (χ3n) is 3.77. The summed E-state index contributed by atoms with van der Waals surface area (Å²) >= 11 is 0. The van der Waals surface area contributed by atoms with Gasteiger partial charge in [-0.15, -0.1) is 0 Å². The first-order valence-corrected chi connectivity index (χ1v) is 7.39. The molecule has 1 N–H and O–H groups in total. The molecule has 0 unspecified atom stereocenters. The molecule has 2 aromatic rings. The summed E-state index contributed by atoms with van der Waals surface area (Å²) in [7, 11) is 0. The van der Waals surface area contributed by atoms with E-state index < -0.39 is 0 Å². The Balaban J connectivity index is 1.67. The van der Waals surface area contributed by atoms with Crippen LogP contribution in [0.15, 0.2) is 48.8 Å². The zero-order chi connectivity index (χ0) is 14.5. The first kappa shape index (κ1) is 13.6. The van der Waals surface area contributed by atoms with Crippen LogP contribution in [0.4, 0.5) is 11.4 Å². The van der Waals surface area contributed by atoms with Crippen LogP contribution < -0.4 is 10.2 Å². The summed E-state index contributed by atoms with van der Waals surface area (Å²) in [4.78, 5) is 18.5. The van der Waals surface area contributed by atoms with Gasteiger partial charge >= 0.3 is 0 Å². The number of rotatable bonds is 3. The van der Waals surface area contributed by atoms with Crippen molar-refractivity contribution < 1.29 is 4.79 Å². The normalized spacial score (nSPS) is 14.8. The number of aromatic nitrogens is 1. The van der Waals surface area contributed by atoms with Crippen LogP contribution in [0.5, 0.6) is 0 Å². The third kappa shape index (κ3) is 3.40. The van der Waals surface area contributed by atoms with Crippen LogP contribution in [0.1, 0.15) is 29.6 Å². The van der Waals surface area contributed by atoms with E-state index in [4.69, 9.17) is 0 Å². The van der Waals surface area contributed by atoms with Gasteiger partial charge in [-0.3, -0.25) is 9.78 Å². The van der Waals surface area contributed by atoms with Crippen molar-refractivity contribution >= 4 is 17.3 Å². The molecular formula is C17H19N3O. The number of carbonyl (C=O) groups is 1. The van der Waals surface area contributed by atoms with E-state index in [0.717, 1.165) is 13.1 Å². The molecule has 1 aliphatic rings. The second-order valence-electron chi connectivity index (χ2n) is 5.29. The molecule has 1 saturated heterocycles. The van der Waals surface area contributed by atoms with Crippen molar-refractivity contribution in [2.45, 2.75) is 19.3 Å². The summed E-state index contributed by atoms with van der Waals surface area (Å²) in [6.45, 7) is 2.22. The van der Waals surface area contributed by atoms with Crippen LogP contribution in [0.2, 0.25) is 0 Å². The Labute approximate surface area is 124 Å². The second-order valence-corrected chi connectivity index (χ2v) is 5.29. The monoisotopic (exact) mass is 281 g/mol. The van der Waals surface area contributed by atoms with Gasteiger partial charge in [0.15, 0.2) is 0 Å². The van der Waals surface area contributed by atoms with Gasteiger partial charge in [0.25, 0.3) is 5.91 Å². The summed E-state index contributed by atoms with van der Waals surface area (Å²) in [5.74, 6) is -0.104. The maximum atomic E-state index is 12.1. The fourth-order valence-electron chi connectivity index (χ4n) is 2.62. The van der Waals surface area contributed by atoms with E-state index in [1.165, 1.54) is 24.9 Å². The second kappa shape index (κ2) is 6.39. The maximum Gasteiger partial charge on any atom is 0.255 e. The van der Waals surface area contributed by atoms with Gasteiger partial charge in [0.05, 0.1) is 11.9 Å². The molecular weight excluding hydrogens is 262 g/mol. The number of hydrogen-bond acceptors (Lipinski definition) is 3. The number of anilines is 2. The fourth-order valence-corrected chi connectivity index (χ4v) is 2.62. The smallest absolute Gasteiger partial charge is 0.255 e. The molecule has 0 radical (unpaired) electrons. The summed E-state index contributed by atoms with van der Waals surface area (Å²) in [6, 6.07) is 11.5. The Kier molecular flexibility index (Phi) is 4.15. The lowest BCUT2D eigenvalue weighted by Crippen LogP contribution is -2.29. The highest BCUT2D eigenvalue weighted by atomic mass is 16.1. The SMILES string of the molecule is O=C(Nc1cccnc1)c1ccc(N2CCCCC2)cc1. The largest absolute Gasteiger partial charge is 0.372 e. The van der Waals surface area contributed by atoms with E-state index in [9.17, 15) is 4.79 Å². The average Bonchev–Trinajstić information content (AvgIpc) is 2.57. The molecule has 0 bridgehead atoms. The minimum Gasteiger partial charge on any atom is -0.372 e. The molecule has 4 nitrogen and oxygen atoms in total. The first-order valence-electron chi connectivity index (χ1n) is 7.39. The highest BCUT2D eigenvalue weighted by molar-refractivity contribution is 6.04. The molecule has 21 heavy (non-hydrogen) atoms. The van der Waals surface area contributed by atoms with Crippen LogP contribution in [-0.4, -0.2) is 24.0 Å². The van der Waals surface area contributed by atoms with E-state index in [1.54, 1.807) is 18.5 Å². The van der Waals surface area contributed by atoms with E-state index in [0.29, 0.717) is 11.3 Å². The quantitative estimate of drug-likeness (QED) is 0.938. The van der Waals surface area contributed by atoms with Crippen LogP contribution >= 0.6 is 0 Å². The molecule has 1 amide bonds. The molecule has 3 rings (SSSR count). The van der Waals surface area contributed by atoms with Crippen molar-refractivity contribution in [2.75, 3.05) is 23.3 Å². The number of amides is 1. The third-order valence-corrected chi connectivity index (χ3v) is 3.77. The highest BCUT2D eigenvalue weighted by Gasteiger charge is 2.12. The predicted molar refractivity (Wildman–Crippen MR) is 84.7 cm³/mol. The number of benzene rings is 1. The Bertz CT molecular complexity index is 589. The fraction of sp³-hybridized carbons (Fsp3) is 0.294. The lowest BCUT2D eigenvalue weighted by Gasteiger charge is -2.28. The zero-order valence-corrected chi connectivity index (χ0v) is 12.0. The lowest BCUT2D eigenvalue weighted by molar-refractivity contribution is 0.102. The van der Waals surface area contributed by atoms with Crippen molar-refractivity contribution in [1.82, 2.24) is 4.98 Å². The van der Waals surface area contributed by atoms with Crippen molar-refractivity contribution in [1.29, 1.82) is 0 Å². The predicted octanol–water partition coefficient (Wildman–Crippen LogP) is 3.32. The number of piperidine rings is 1. The topological polar surface area (TPSA) is 45.2 Å². The number of nitrogens with zero attached hydrogens (tertiary/aromatic N) is 2. The Morgan fingerprint density at radius 1 is 1.05 bits per heavy atom. The Hall–Kier alpha value is -2.36. The zero-order valence-electron chi connectivity index (χ0n) is 12.0. The van der Waals surface area contributed by atoms with Crippen LogP contribution in [0, 0.1) is 0 Å². The van der Waals surface area contributed by atoms with Gasteiger partial charge in [0.1, 0.15) is 0 Å². The molecule has 1 aromatic carbocycles. The molecule has 0 atom stereocenters. The van der Waals surface area contributed by atoms with Gasteiger partial charge in [-0.2, -0.15) is 0 Å². The molecule has 2 heterocycles. The van der Waals surface area contributed by atoms with E-state index in [2.05, 4.69) is 15.2 Å². The summed E-state index contributed by atoms with van der Waals surface area (Å²) < 4.78 is 0. The number of pyridine rings is 1. The van der Waals surface area contributed by atoms with Crippen LogP contribution in [0.3, 0.4) is 0 Å².